The molecule has 27 heavy (non-hydrogen) atoms. The molecule has 0 radical (unpaired) electrons. The monoisotopic (exact) mass is 366 g/mol. The molecule has 0 saturated heterocycles. The van der Waals surface area contributed by atoms with E-state index in [9.17, 15) is 0 Å². The van der Waals surface area contributed by atoms with Crippen LogP contribution in [0.2, 0.25) is 0 Å². The molecule has 0 fully saturated rings. The maximum atomic E-state index is 6.27. The highest BCUT2D eigenvalue weighted by Crippen LogP contribution is 2.52. The second-order valence-corrected chi connectivity index (χ2v) is 6.32. The first-order valence-corrected chi connectivity index (χ1v) is 8.56. The summed E-state index contributed by atoms with van der Waals surface area (Å²) in [6.07, 6.45) is -0.617. The van der Waals surface area contributed by atoms with Crippen molar-refractivity contribution >= 4 is 10.8 Å². The second kappa shape index (κ2) is 5.96. The molecule has 0 aromatic heterocycles. The Balaban J connectivity index is 1.80. The summed E-state index contributed by atoms with van der Waals surface area (Å²) in [7, 11) is 4.83. The molecule has 6 heteroatoms. The van der Waals surface area contributed by atoms with Gasteiger partial charge in [-0.25, -0.2) is 0 Å². The summed E-state index contributed by atoms with van der Waals surface area (Å²) in [6.45, 7) is 0.231. The molecule has 3 aromatic rings. The molecule has 0 bridgehead atoms. The fraction of sp³-hybridized carbons (Fsp3) is 0.238. The molecule has 0 amide bonds. The molecular weight excluding hydrogens is 348 g/mol. The van der Waals surface area contributed by atoms with Gasteiger partial charge in [0.15, 0.2) is 23.0 Å². The lowest BCUT2D eigenvalue weighted by atomic mass is 9.92. The van der Waals surface area contributed by atoms with E-state index in [2.05, 4.69) is 0 Å². The Morgan fingerprint density at radius 2 is 1.67 bits per heavy atom. The van der Waals surface area contributed by atoms with Crippen molar-refractivity contribution in [3.63, 3.8) is 0 Å². The number of ether oxygens (including phenoxy) is 6. The maximum absolute atomic E-state index is 6.27. The number of rotatable bonds is 3. The van der Waals surface area contributed by atoms with Crippen LogP contribution in [0, 0.1) is 0 Å². The lowest BCUT2D eigenvalue weighted by molar-refractivity contribution is -0.0582. The highest BCUT2D eigenvalue weighted by molar-refractivity contribution is 5.98. The minimum Gasteiger partial charge on any atom is -0.493 e. The predicted octanol–water partition coefficient (Wildman–Crippen LogP) is 4.29. The predicted molar refractivity (Wildman–Crippen MR) is 99.0 cm³/mol. The standard InChI is InChI=1S/C21H18O6/c1-22-15-7-6-12-13-5-4-11-8-16-17(26-10-25-16)9-14(11)19(13)27-21(24-3)18(12)20(15)23-2/h4-9,21H,10H2,1-3H3. The highest BCUT2D eigenvalue weighted by atomic mass is 16.7. The van der Waals surface area contributed by atoms with Gasteiger partial charge >= 0.3 is 0 Å². The summed E-state index contributed by atoms with van der Waals surface area (Å²) in [5, 5.41) is 1.95. The van der Waals surface area contributed by atoms with Crippen molar-refractivity contribution in [1.82, 2.24) is 0 Å². The summed E-state index contributed by atoms with van der Waals surface area (Å²) in [4.78, 5) is 0. The lowest BCUT2D eigenvalue weighted by Gasteiger charge is -2.30. The van der Waals surface area contributed by atoms with Crippen LogP contribution < -0.4 is 23.7 Å². The van der Waals surface area contributed by atoms with Gasteiger partial charge in [-0.05, 0) is 41.3 Å². The smallest absolute Gasteiger partial charge is 0.231 e. The van der Waals surface area contributed by atoms with E-state index < -0.39 is 6.29 Å². The van der Waals surface area contributed by atoms with Gasteiger partial charge in [-0.2, -0.15) is 0 Å². The largest absolute Gasteiger partial charge is 0.493 e. The first-order valence-electron chi connectivity index (χ1n) is 8.56. The number of fused-ring (bicyclic) bond motifs is 6. The molecule has 5 rings (SSSR count). The lowest BCUT2D eigenvalue weighted by Crippen LogP contribution is -2.17. The van der Waals surface area contributed by atoms with Crippen molar-refractivity contribution in [2.45, 2.75) is 6.29 Å². The molecule has 0 saturated carbocycles. The van der Waals surface area contributed by atoms with Crippen LogP contribution in [0.25, 0.3) is 21.9 Å². The maximum Gasteiger partial charge on any atom is 0.231 e. The van der Waals surface area contributed by atoms with Gasteiger partial charge in [-0.15, -0.1) is 0 Å². The summed E-state index contributed by atoms with van der Waals surface area (Å²) in [5.74, 6) is 3.45. The van der Waals surface area contributed by atoms with Crippen LogP contribution in [0.3, 0.4) is 0 Å². The molecule has 0 N–H and O–H groups in total. The first-order chi connectivity index (χ1) is 13.2. The quantitative estimate of drug-likeness (QED) is 0.689. The number of methoxy groups -OCH3 is 3. The molecule has 3 aromatic carbocycles. The number of hydrogen-bond donors (Lipinski definition) is 0. The molecule has 0 spiro atoms. The minimum atomic E-state index is -0.617. The molecule has 2 aliphatic heterocycles. The van der Waals surface area contributed by atoms with Crippen LogP contribution in [-0.2, 0) is 4.74 Å². The Morgan fingerprint density at radius 3 is 2.41 bits per heavy atom. The molecule has 1 atom stereocenters. The molecule has 0 aliphatic carbocycles. The van der Waals surface area contributed by atoms with Gasteiger partial charge in [0.25, 0.3) is 0 Å². The van der Waals surface area contributed by atoms with Gasteiger partial charge in [0.05, 0.1) is 19.8 Å². The summed E-state index contributed by atoms with van der Waals surface area (Å²) in [5.41, 5.74) is 2.76. The fourth-order valence-electron chi connectivity index (χ4n) is 3.78. The van der Waals surface area contributed by atoms with Gasteiger partial charge < -0.3 is 28.4 Å². The number of benzene rings is 3. The third-order valence-electron chi connectivity index (χ3n) is 5.01. The Kier molecular flexibility index (Phi) is 3.55. The van der Waals surface area contributed by atoms with Crippen LogP contribution in [-0.4, -0.2) is 28.1 Å². The van der Waals surface area contributed by atoms with E-state index in [1.165, 1.54) is 0 Å². The zero-order chi connectivity index (χ0) is 18.5. The van der Waals surface area contributed by atoms with Crippen molar-refractivity contribution in [2.75, 3.05) is 28.1 Å². The Bertz CT molecular complexity index is 1060. The van der Waals surface area contributed by atoms with Crippen LogP contribution >= 0.6 is 0 Å². The topological polar surface area (TPSA) is 55.4 Å². The van der Waals surface area contributed by atoms with Crippen molar-refractivity contribution < 1.29 is 28.4 Å². The van der Waals surface area contributed by atoms with Crippen LogP contribution in [0.15, 0.2) is 36.4 Å². The third-order valence-corrected chi connectivity index (χ3v) is 5.01. The summed E-state index contributed by atoms with van der Waals surface area (Å²) < 4.78 is 34.0. The van der Waals surface area contributed by atoms with Crippen molar-refractivity contribution in [3.8, 4) is 39.9 Å². The van der Waals surface area contributed by atoms with E-state index in [0.29, 0.717) is 17.2 Å². The van der Waals surface area contributed by atoms with E-state index in [-0.39, 0.29) is 6.79 Å². The molecule has 1 unspecified atom stereocenters. The van der Waals surface area contributed by atoms with Gasteiger partial charge in [0.1, 0.15) is 5.75 Å². The van der Waals surface area contributed by atoms with Crippen LogP contribution in [0.4, 0.5) is 0 Å². The highest BCUT2D eigenvalue weighted by Gasteiger charge is 2.32. The number of hydrogen-bond acceptors (Lipinski definition) is 6. The fourth-order valence-corrected chi connectivity index (χ4v) is 3.78. The summed E-state index contributed by atoms with van der Waals surface area (Å²) >= 11 is 0. The minimum absolute atomic E-state index is 0.231. The average Bonchev–Trinajstić information content (AvgIpc) is 3.17. The van der Waals surface area contributed by atoms with Gasteiger partial charge in [-0.3, -0.25) is 0 Å². The van der Waals surface area contributed by atoms with E-state index >= 15 is 0 Å². The second-order valence-electron chi connectivity index (χ2n) is 6.32. The zero-order valence-electron chi connectivity index (χ0n) is 15.2. The molecular formula is C21H18O6. The van der Waals surface area contributed by atoms with Gasteiger partial charge in [0.2, 0.25) is 13.1 Å². The van der Waals surface area contributed by atoms with E-state index in [0.717, 1.165) is 39.0 Å². The molecule has 6 nitrogen and oxygen atoms in total. The Hall–Kier alpha value is -3.12. The van der Waals surface area contributed by atoms with Crippen molar-refractivity contribution in [2.24, 2.45) is 0 Å². The normalized spacial score (nSPS) is 16.5. The average molecular weight is 366 g/mol. The van der Waals surface area contributed by atoms with E-state index in [1.807, 2.05) is 36.4 Å². The van der Waals surface area contributed by atoms with Crippen LogP contribution in [0.5, 0.6) is 28.7 Å². The van der Waals surface area contributed by atoms with Crippen molar-refractivity contribution in [1.29, 1.82) is 0 Å². The Labute approximate surface area is 156 Å². The molecule has 2 heterocycles. The van der Waals surface area contributed by atoms with Crippen molar-refractivity contribution in [3.05, 3.63) is 42.0 Å². The molecule has 2 aliphatic rings. The van der Waals surface area contributed by atoms with E-state index in [1.54, 1.807) is 21.3 Å². The molecule has 138 valence electrons. The zero-order valence-corrected chi connectivity index (χ0v) is 15.2. The Morgan fingerprint density at radius 1 is 0.889 bits per heavy atom. The van der Waals surface area contributed by atoms with Crippen LogP contribution in [0.1, 0.15) is 11.9 Å². The summed E-state index contributed by atoms with van der Waals surface area (Å²) in [6, 6.07) is 11.9. The van der Waals surface area contributed by atoms with Gasteiger partial charge in [-0.1, -0.05) is 6.07 Å². The van der Waals surface area contributed by atoms with E-state index in [4.69, 9.17) is 28.4 Å². The van der Waals surface area contributed by atoms with Gasteiger partial charge in [0, 0.05) is 18.1 Å². The first kappa shape index (κ1) is 16.1. The SMILES string of the molecule is COc1ccc2c(c1OC)C(OC)Oc1c-2ccc2cc3c(cc12)OCO3. The third kappa shape index (κ3) is 2.23.